The van der Waals surface area contributed by atoms with Gasteiger partial charge in [-0.25, -0.2) is 19.7 Å². The summed E-state index contributed by atoms with van der Waals surface area (Å²) in [6.07, 6.45) is 1.99. The third-order valence-electron chi connectivity index (χ3n) is 5.29. The number of anilines is 2. The van der Waals surface area contributed by atoms with Crippen LogP contribution < -0.4 is 10.2 Å². The van der Waals surface area contributed by atoms with E-state index in [0.717, 1.165) is 64.9 Å². The van der Waals surface area contributed by atoms with Crippen LogP contribution in [0.25, 0.3) is 10.2 Å². The Hall–Kier alpha value is -2.74. The van der Waals surface area contributed by atoms with Gasteiger partial charge in [-0.05, 0) is 51.3 Å². The fraction of sp³-hybridized carbons (Fsp3) is 0.429. The summed E-state index contributed by atoms with van der Waals surface area (Å²) in [5.41, 5.74) is 1.91. The molecule has 3 aromatic heterocycles. The van der Waals surface area contributed by atoms with Crippen LogP contribution in [0.4, 0.5) is 11.6 Å². The Labute approximate surface area is 174 Å². The lowest BCUT2D eigenvalue weighted by Gasteiger charge is -2.34. The summed E-state index contributed by atoms with van der Waals surface area (Å²) in [4.78, 5) is 29.7. The van der Waals surface area contributed by atoms with E-state index in [1.54, 1.807) is 0 Å². The highest BCUT2D eigenvalue weighted by Crippen LogP contribution is 2.36. The highest BCUT2D eigenvalue weighted by atomic mass is 32.1. The van der Waals surface area contributed by atoms with Crippen molar-refractivity contribution in [3.05, 3.63) is 40.2 Å². The molecule has 152 valence electrons. The molecule has 1 aliphatic heterocycles. The number of aromatic nitrogens is 3. The number of hydrogen-bond donors (Lipinski definition) is 1. The molecule has 1 fully saturated rings. The van der Waals surface area contributed by atoms with E-state index in [2.05, 4.69) is 20.2 Å². The molecular formula is C21H25N5O2S. The van der Waals surface area contributed by atoms with Gasteiger partial charge in [0, 0.05) is 24.8 Å². The van der Waals surface area contributed by atoms with Gasteiger partial charge in [0.2, 0.25) is 0 Å². The van der Waals surface area contributed by atoms with E-state index in [9.17, 15) is 4.79 Å². The van der Waals surface area contributed by atoms with E-state index >= 15 is 0 Å². The number of piperidine rings is 1. The van der Waals surface area contributed by atoms with Crippen molar-refractivity contribution >= 4 is 39.2 Å². The molecule has 1 saturated heterocycles. The van der Waals surface area contributed by atoms with Gasteiger partial charge in [-0.2, -0.15) is 0 Å². The lowest BCUT2D eigenvalue weighted by atomic mass is 10.0. The summed E-state index contributed by atoms with van der Waals surface area (Å²) in [5, 5.41) is 4.52. The zero-order valence-corrected chi connectivity index (χ0v) is 18.0. The van der Waals surface area contributed by atoms with Crippen LogP contribution in [0, 0.1) is 20.8 Å². The maximum absolute atomic E-state index is 12.1. The molecule has 0 atom stereocenters. The molecule has 0 aromatic carbocycles. The topological polar surface area (TPSA) is 80.2 Å². The second-order valence-electron chi connectivity index (χ2n) is 7.39. The molecule has 8 heteroatoms. The van der Waals surface area contributed by atoms with Gasteiger partial charge >= 0.3 is 5.97 Å². The number of hydrogen-bond acceptors (Lipinski definition) is 8. The molecule has 0 amide bonds. The van der Waals surface area contributed by atoms with Gasteiger partial charge in [0.15, 0.2) is 0 Å². The number of carbonyl (C=O) groups is 1. The van der Waals surface area contributed by atoms with Crippen molar-refractivity contribution < 1.29 is 9.53 Å². The average molecular weight is 412 g/mol. The summed E-state index contributed by atoms with van der Waals surface area (Å²) in [6, 6.07) is 6.42. The van der Waals surface area contributed by atoms with Gasteiger partial charge in [-0.3, -0.25) is 0 Å². The number of esters is 1. The summed E-state index contributed by atoms with van der Waals surface area (Å²) in [6.45, 7) is 7.62. The number of rotatable bonds is 4. The van der Waals surface area contributed by atoms with E-state index in [4.69, 9.17) is 9.72 Å². The van der Waals surface area contributed by atoms with Gasteiger partial charge in [0.05, 0.1) is 12.5 Å². The lowest BCUT2D eigenvalue weighted by Crippen LogP contribution is -2.39. The van der Waals surface area contributed by atoms with Crippen LogP contribution in [-0.4, -0.2) is 47.2 Å². The van der Waals surface area contributed by atoms with Crippen molar-refractivity contribution in [3.8, 4) is 0 Å². The summed E-state index contributed by atoms with van der Waals surface area (Å²) in [5.74, 6) is 2.25. The minimum absolute atomic E-state index is 0.317. The fourth-order valence-corrected chi connectivity index (χ4v) is 4.95. The first-order valence-corrected chi connectivity index (χ1v) is 10.6. The van der Waals surface area contributed by atoms with Crippen molar-refractivity contribution in [2.75, 3.05) is 30.4 Å². The molecule has 0 spiro atoms. The first-order chi connectivity index (χ1) is 14.0. The number of ether oxygens (including phenoxy) is 1. The first-order valence-electron chi connectivity index (χ1n) is 9.77. The minimum atomic E-state index is -0.317. The van der Waals surface area contributed by atoms with Gasteiger partial charge < -0.3 is 15.0 Å². The minimum Gasteiger partial charge on any atom is -0.465 e. The highest BCUT2D eigenvalue weighted by molar-refractivity contribution is 7.20. The van der Waals surface area contributed by atoms with E-state index in [0.29, 0.717) is 10.9 Å². The van der Waals surface area contributed by atoms with Gasteiger partial charge in [0.1, 0.15) is 27.2 Å². The van der Waals surface area contributed by atoms with Gasteiger partial charge in [0.25, 0.3) is 0 Å². The normalized spacial score (nSPS) is 15.0. The quantitative estimate of drug-likeness (QED) is 0.653. The van der Waals surface area contributed by atoms with Crippen LogP contribution in [0.2, 0.25) is 0 Å². The van der Waals surface area contributed by atoms with Crippen LogP contribution in [0.15, 0.2) is 18.2 Å². The second kappa shape index (κ2) is 7.94. The molecule has 1 aliphatic rings. The third-order valence-corrected chi connectivity index (χ3v) is 6.45. The average Bonchev–Trinajstić information content (AvgIpc) is 3.03. The van der Waals surface area contributed by atoms with Crippen LogP contribution in [0.3, 0.4) is 0 Å². The smallest absolute Gasteiger partial charge is 0.348 e. The summed E-state index contributed by atoms with van der Waals surface area (Å²) in [7, 11) is 1.41. The number of carbonyl (C=O) groups excluding carboxylic acids is 1. The van der Waals surface area contributed by atoms with Gasteiger partial charge in [-0.15, -0.1) is 11.3 Å². The molecule has 0 saturated carbocycles. The molecule has 4 heterocycles. The number of nitrogens with zero attached hydrogens (tertiary/aromatic N) is 4. The standard InChI is InChI=1S/C21H25N5O2S/c1-12-6-5-7-16(22-12)25-15-8-10-26(11-9-15)19-17-13(2)18(21(27)28-4)29-20(17)24-14(3)23-19/h5-7,15H,8-11H2,1-4H3,(H,22,25). The number of thiophene rings is 1. The molecular weight excluding hydrogens is 386 g/mol. The Kier molecular flexibility index (Phi) is 5.36. The van der Waals surface area contributed by atoms with Crippen molar-refractivity contribution in [1.29, 1.82) is 0 Å². The van der Waals surface area contributed by atoms with Crippen LogP contribution in [0.1, 0.15) is 39.6 Å². The van der Waals surface area contributed by atoms with Crippen molar-refractivity contribution in [3.63, 3.8) is 0 Å². The second-order valence-corrected chi connectivity index (χ2v) is 8.39. The molecule has 1 N–H and O–H groups in total. The number of aryl methyl sites for hydroxylation is 3. The van der Waals surface area contributed by atoms with Crippen LogP contribution in [0.5, 0.6) is 0 Å². The van der Waals surface area contributed by atoms with E-state index in [-0.39, 0.29) is 5.97 Å². The molecule has 3 aromatic rings. The first kappa shape index (κ1) is 19.6. The fourth-order valence-electron chi connectivity index (χ4n) is 3.81. The molecule has 0 radical (unpaired) electrons. The summed E-state index contributed by atoms with van der Waals surface area (Å²) >= 11 is 1.38. The zero-order valence-electron chi connectivity index (χ0n) is 17.2. The molecule has 0 aliphatic carbocycles. The Morgan fingerprint density at radius 3 is 2.62 bits per heavy atom. The Bertz CT molecular complexity index is 1060. The zero-order chi connectivity index (χ0) is 20.5. The van der Waals surface area contributed by atoms with E-state index < -0.39 is 0 Å². The number of methoxy groups -OCH3 is 1. The Balaban J connectivity index is 1.56. The summed E-state index contributed by atoms with van der Waals surface area (Å²) < 4.78 is 4.94. The Morgan fingerprint density at radius 2 is 1.93 bits per heavy atom. The lowest BCUT2D eigenvalue weighted by molar-refractivity contribution is 0.0605. The maximum atomic E-state index is 12.1. The van der Waals surface area contributed by atoms with Crippen molar-refractivity contribution in [2.45, 2.75) is 39.7 Å². The number of nitrogens with one attached hydrogen (secondary N) is 1. The Morgan fingerprint density at radius 1 is 1.17 bits per heavy atom. The van der Waals surface area contributed by atoms with Crippen LogP contribution >= 0.6 is 11.3 Å². The predicted octanol–water partition coefficient (Wildman–Crippen LogP) is 3.88. The number of pyridine rings is 1. The van der Waals surface area contributed by atoms with Gasteiger partial charge in [-0.1, -0.05) is 6.07 Å². The SMILES string of the molecule is COC(=O)c1sc2nc(C)nc(N3CCC(Nc4cccc(C)n4)CC3)c2c1C. The third kappa shape index (κ3) is 3.89. The van der Waals surface area contributed by atoms with Crippen LogP contribution in [-0.2, 0) is 4.74 Å². The van der Waals surface area contributed by atoms with E-state index in [1.165, 1.54) is 18.4 Å². The van der Waals surface area contributed by atoms with E-state index in [1.807, 2.05) is 39.0 Å². The molecule has 7 nitrogen and oxygen atoms in total. The molecule has 4 rings (SSSR count). The predicted molar refractivity (Wildman–Crippen MR) is 116 cm³/mol. The molecule has 29 heavy (non-hydrogen) atoms. The number of fused-ring (bicyclic) bond motifs is 1. The monoisotopic (exact) mass is 411 g/mol. The molecule has 0 unspecified atom stereocenters. The largest absolute Gasteiger partial charge is 0.465 e. The maximum Gasteiger partial charge on any atom is 0.348 e. The van der Waals surface area contributed by atoms with Crippen molar-refractivity contribution in [2.24, 2.45) is 0 Å². The highest BCUT2D eigenvalue weighted by Gasteiger charge is 2.26. The molecule has 0 bridgehead atoms. The van der Waals surface area contributed by atoms with Crippen molar-refractivity contribution in [1.82, 2.24) is 15.0 Å².